The van der Waals surface area contributed by atoms with E-state index in [9.17, 15) is 0 Å². The molecule has 0 fully saturated rings. The van der Waals surface area contributed by atoms with Crippen LogP contribution in [-0.2, 0) is 6.54 Å². The lowest BCUT2D eigenvalue weighted by Gasteiger charge is -2.08. The fourth-order valence-electron chi connectivity index (χ4n) is 1.81. The van der Waals surface area contributed by atoms with Crippen LogP contribution in [0.3, 0.4) is 0 Å². The fourth-order valence-corrected chi connectivity index (χ4v) is 2.90. The van der Waals surface area contributed by atoms with E-state index in [-0.39, 0.29) is 24.0 Å². The van der Waals surface area contributed by atoms with Crippen molar-refractivity contribution in [1.82, 2.24) is 4.98 Å². The first kappa shape index (κ1) is 19.0. The van der Waals surface area contributed by atoms with Crippen LogP contribution < -0.4 is 15.8 Å². The number of aliphatic imine (C=N–C) groups is 1. The average molecular weight is 453 g/mol. The van der Waals surface area contributed by atoms with Gasteiger partial charge in [-0.25, -0.2) is 9.98 Å². The quantitative estimate of drug-likeness (QED) is 0.418. The van der Waals surface area contributed by atoms with Crippen molar-refractivity contribution < 1.29 is 4.74 Å². The van der Waals surface area contributed by atoms with E-state index in [1.807, 2.05) is 19.9 Å². The Labute approximate surface area is 156 Å². The van der Waals surface area contributed by atoms with Crippen molar-refractivity contribution in [2.75, 3.05) is 12.4 Å². The molecule has 0 saturated heterocycles. The van der Waals surface area contributed by atoms with Gasteiger partial charge in [0.05, 0.1) is 29.4 Å². The number of methoxy groups -OCH3 is 1. The first-order chi connectivity index (χ1) is 9.99. The summed E-state index contributed by atoms with van der Waals surface area (Å²) < 4.78 is 5.10. The summed E-state index contributed by atoms with van der Waals surface area (Å²) in [7, 11) is 1.57. The highest BCUT2D eigenvalue weighted by atomic mass is 127. The van der Waals surface area contributed by atoms with Crippen molar-refractivity contribution in [2.45, 2.75) is 20.4 Å². The standard InChI is InChI=1S/C14H17ClN4OS.HI/c1-8-12(18-9(2)21-8)7-17-14(16)19-10-4-5-13(20-3)11(15)6-10;/h4-6H,7H2,1-3H3,(H3,16,17,19);1H. The van der Waals surface area contributed by atoms with Gasteiger partial charge in [0, 0.05) is 10.6 Å². The van der Waals surface area contributed by atoms with E-state index in [0.29, 0.717) is 23.3 Å². The second-order valence-electron chi connectivity index (χ2n) is 4.41. The summed E-state index contributed by atoms with van der Waals surface area (Å²) >= 11 is 7.71. The molecule has 0 bridgehead atoms. The highest BCUT2D eigenvalue weighted by molar-refractivity contribution is 14.0. The molecular weight excluding hydrogens is 435 g/mol. The number of guanidine groups is 1. The van der Waals surface area contributed by atoms with Gasteiger partial charge in [-0.3, -0.25) is 0 Å². The Kier molecular flexibility index (Phi) is 7.37. The van der Waals surface area contributed by atoms with Crippen molar-refractivity contribution in [3.63, 3.8) is 0 Å². The molecule has 1 aromatic carbocycles. The third kappa shape index (κ3) is 4.99. The Morgan fingerprint density at radius 2 is 2.18 bits per heavy atom. The van der Waals surface area contributed by atoms with Gasteiger partial charge in [0.15, 0.2) is 5.96 Å². The average Bonchev–Trinajstić information content (AvgIpc) is 2.75. The zero-order valence-electron chi connectivity index (χ0n) is 12.5. The largest absolute Gasteiger partial charge is 0.495 e. The molecule has 0 radical (unpaired) electrons. The molecule has 0 unspecified atom stereocenters. The molecule has 1 aromatic heterocycles. The number of hydrogen-bond donors (Lipinski definition) is 2. The maximum atomic E-state index is 6.06. The minimum Gasteiger partial charge on any atom is -0.495 e. The first-order valence-electron chi connectivity index (χ1n) is 6.33. The van der Waals surface area contributed by atoms with Crippen LogP contribution in [0, 0.1) is 13.8 Å². The first-order valence-corrected chi connectivity index (χ1v) is 7.52. The number of thiazole rings is 1. The van der Waals surface area contributed by atoms with E-state index >= 15 is 0 Å². The van der Waals surface area contributed by atoms with Gasteiger partial charge in [-0.2, -0.15) is 0 Å². The normalized spacial score (nSPS) is 11.0. The Hall–Kier alpha value is -1.06. The molecule has 8 heteroatoms. The van der Waals surface area contributed by atoms with E-state index in [1.54, 1.807) is 30.6 Å². The van der Waals surface area contributed by atoms with E-state index in [1.165, 1.54) is 0 Å². The molecule has 0 atom stereocenters. The highest BCUT2D eigenvalue weighted by Crippen LogP contribution is 2.27. The van der Waals surface area contributed by atoms with Gasteiger partial charge in [-0.15, -0.1) is 35.3 Å². The van der Waals surface area contributed by atoms with Crippen molar-refractivity contribution in [3.8, 4) is 5.75 Å². The highest BCUT2D eigenvalue weighted by Gasteiger charge is 2.05. The Morgan fingerprint density at radius 3 is 2.73 bits per heavy atom. The molecule has 1 heterocycles. The number of anilines is 1. The summed E-state index contributed by atoms with van der Waals surface area (Å²) in [6.45, 7) is 4.47. The van der Waals surface area contributed by atoms with Gasteiger partial charge < -0.3 is 15.8 Å². The van der Waals surface area contributed by atoms with Crippen molar-refractivity contribution >= 4 is 58.6 Å². The minimum absolute atomic E-state index is 0. The number of nitrogens with two attached hydrogens (primary N) is 1. The van der Waals surface area contributed by atoms with E-state index in [4.69, 9.17) is 22.1 Å². The number of nitrogens with zero attached hydrogens (tertiary/aromatic N) is 2. The van der Waals surface area contributed by atoms with Crippen molar-refractivity contribution in [1.29, 1.82) is 0 Å². The number of aryl methyl sites for hydroxylation is 2. The van der Waals surface area contributed by atoms with Crippen molar-refractivity contribution in [3.05, 3.63) is 38.8 Å². The zero-order valence-corrected chi connectivity index (χ0v) is 16.4. The SMILES string of the molecule is COc1ccc(NC(N)=NCc2nc(C)sc2C)cc1Cl.I. The van der Waals surface area contributed by atoms with Crippen LogP contribution >= 0.6 is 46.9 Å². The maximum Gasteiger partial charge on any atom is 0.193 e. The third-order valence-electron chi connectivity index (χ3n) is 2.82. The lowest BCUT2D eigenvalue weighted by Crippen LogP contribution is -2.22. The van der Waals surface area contributed by atoms with Gasteiger partial charge in [0.25, 0.3) is 0 Å². The third-order valence-corrected chi connectivity index (χ3v) is 4.05. The van der Waals surface area contributed by atoms with Gasteiger partial charge in [0.1, 0.15) is 5.75 Å². The molecule has 0 spiro atoms. The molecule has 0 aliphatic rings. The second kappa shape index (κ2) is 8.54. The Balaban J connectivity index is 0.00000242. The topological polar surface area (TPSA) is 72.5 Å². The van der Waals surface area contributed by atoms with Crippen LogP contribution in [0.2, 0.25) is 5.02 Å². The van der Waals surface area contributed by atoms with Crippen LogP contribution in [0.15, 0.2) is 23.2 Å². The Morgan fingerprint density at radius 1 is 1.45 bits per heavy atom. The number of aromatic nitrogens is 1. The summed E-state index contributed by atoms with van der Waals surface area (Å²) in [5, 5.41) is 4.54. The molecule has 5 nitrogen and oxygen atoms in total. The van der Waals surface area contributed by atoms with Crippen molar-refractivity contribution in [2.24, 2.45) is 10.7 Å². The number of ether oxygens (including phenoxy) is 1. The molecule has 0 saturated carbocycles. The summed E-state index contributed by atoms with van der Waals surface area (Å²) in [6, 6.07) is 5.33. The molecule has 0 amide bonds. The second-order valence-corrected chi connectivity index (χ2v) is 6.23. The van der Waals surface area contributed by atoms with Crippen LogP contribution in [-0.4, -0.2) is 18.1 Å². The number of halogens is 2. The molecule has 22 heavy (non-hydrogen) atoms. The summed E-state index contributed by atoms with van der Waals surface area (Å²) in [6.07, 6.45) is 0. The lowest BCUT2D eigenvalue weighted by molar-refractivity contribution is 0.415. The molecule has 2 rings (SSSR count). The van der Waals surface area contributed by atoms with Gasteiger partial charge >= 0.3 is 0 Å². The minimum atomic E-state index is 0. The molecule has 0 aliphatic carbocycles. The fraction of sp³-hybridized carbons (Fsp3) is 0.286. The summed E-state index contributed by atoms with van der Waals surface area (Å²) in [5.41, 5.74) is 7.58. The summed E-state index contributed by atoms with van der Waals surface area (Å²) in [4.78, 5) is 9.87. The summed E-state index contributed by atoms with van der Waals surface area (Å²) in [5.74, 6) is 0.938. The van der Waals surface area contributed by atoms with Crippen LogP contribution in [0.25, 0.3) is 0 Å². The van der Waals surface area contributed by atoms with Crippen LogP contribution in [0.4, 0.5) is 5.69 Å². The molecule has 2 aromatic rings. The molecule has 120 valence electrons. The van der Waals surface area contributed by atoms with Gasteiger partial charge in [-0.1, -0.05) is 11.6 Å². The van der Waals surface area contributed by atoms with Crippen LogP contribution in [0.1, 0.15) is 15.6 Å². The number of nitrogens with one attached hydrogen (secondary N) is 1. The number of rotatable bonds is 4. The number of benzene rings is 1. The number of hydrogen-bond acceptors (Lipinski definition) is 4. The lowest BCUT2D eigenvalue weighted by atomic mass is 10.3. The molecule has 0 aliphatic heterocycles. The van der Waals surface area contributed by atoms with Crippen LogP contribution in [0.5, 0.6) is 5.75 Å². The predicted molar refractivity (Wildman–Crippen MR) is 104 cm³/mol. The predicted octanol–water partition coefficient (Wildman–Crippen LogP) is 3.97. The van der Waals surface area contributed by atoms with E-state index < -0.39 is 0 Å². The van der Waals surface area contributed by atoms with E-state index in [0.717, 1.165) is 21.3 Å². The maximum absolute atomic E-state index is 6.06. The van der Waals surface area contributed by atoms with E-state index in [2.05, 4.69) is 15.3 Å². The smallest absolute Gasteiger partial charge is 0.193 e. The molecular formula is C14H18ClIN4OS. The Bertz CT molecular complexity index is 675. The molecule has 3 N–H and O–H groups in total. The zero-order chi connectivity index (χ0) is 15.4. The monoisotopic (exact) mass is 452 g/mol. The van der Waals surface area contributed by atoms with Gasteiger partial charge in [-0.05, 0) is 32.0 Å². The van der Waals surface area contributed by atoms with Gasteiger partial charge in [0.2, 0.25) is 0 Å².